The first kappa shape index (κ1) is 17.5. The number of hydrogen-bond donors (Lipinski definition) is 1. The molecule has 1 aliphatic heterocycles. The van der Waals surface area contributed by atoms with E-state index in [1.165, 1.54) is 4.90 Å². The number of nitrogens with zero attached hydrogens (tertiary/aromatic N) is 3. The molecule has 0 fully saturated rings. The summed E-state index contributed by atoms with van der Waals surface area (Å²) in [4.78, 5) is 25.5. The van der Waals surface area contributed by atoms with Gasteiger partial charge in [0, 0.05) is 17.1 Å². The largest absolute Gasteiger partial charge is 0.368 e. The molecule has 1 atom stereocenters. The second-order valence-electron chi connectivity index (χ2n) is 6.31. The molecule has 2 heterocycles. The van der Waals surface area contributed by atoms with Crippen LogP contribution in [0.25, 0.3) is 11.3 Å². The Balaban J connectivity index is 1.97. The molecule has 7 heteroatoms. The number of unbranched alkanes of at least 4 members (excludes halogenated alkanes) is 1. The van der Waals surface area contributed by atoms with Crippen molar-refractivity contribution in [2.75, 3.05) is 13.1 Å². The summed E-state index contributed by atoms with van der Waals surface area (Å²) in [5.74, 6) is -0.715. The van der Waals surface area contributed by atoms with Gasteiger partial charge >= 0.3 is 0 Å². The van der Waals surface area contributed by atoms with Crippen molar-refractivity contribution in [3.8, 4) is 11.3 Å². The van der Waals surface area contributed by atoms with E-state index in [-0.39, 0.29) is 18.5 Å². The van der Waals surface area contributed by atoms with Crippen LogP contribution in [0.5, 0.6) is 0 Å². The van der Waals surface area contributed by atoms with Crippen LogP contribution >= 0.6 is 11.6 Å². The van der Waals surface area contributed by atoms with E-state index >= 15 is 0 Å². The topological polar surface area (TPSA) is 81.2 Å². The molecule has 0 saturated heterocycles. The van der Waals surface area contributed by atoms with Crippen LogP contribution in [0.2, 0.25) is 5.02 Å². The lowest BCUT2D eigenvalue weighted by atomic mass is 10.1. The van der Waals surface area contributed by atoms with Crippen molar-refractivity contribution < 1.29 is 9.59 Å². The van der Waals surface area contributed by atoms with Crippen molar-refractivity contribution in [3.05, 3.63) is 41.0 Å². The molecule has 6 nitrogen and oxygen atoms in total. The predicted octanol–water partition coefficient (Wildman–Crippen LogP) is 2.88. The highest BCUT2D eigenvalue weighted by molar-refractivity contribution is 6.30. The smallest absolute Gasteiger partial charge is 0.272 e. The number of amides is 2. The van der Waals surface area contributed by atoms with Crippen LogP contribution in [-0.4, -0.2) is 39.6 Å². The first-order chi connectivity index (χ1) is 12.0. The first-order valence-corrected chi connectivity index (χ1v) is 8.80. The number of nitrogens with two attached hydrogens (primary N) is 1. The summed E-state index contributed by atoms with van der Waals surface area (Å²) in [7, 11) is 0. The molecular formula is C18H21ClN4O2. The van der Waals surface area contributed by atoms with E-state index in [0.29, 0.717) is 17.3 Å². The predicted molar refractivity (Wildman–Crippen MR) is 96.3 cm³/mol. The monoisotopic (exact) mass is 360 g/mol. The van der Waals surface area contributed by atoms with E-state index in [0.717, 1.165) is 30.5 Å². The molecule has 1 aromatic heterocycles. The molecule has 1 aromatic carbocycles. The number of carbonyl (C=O) groups is 2. The van der Waals surface area contributed by atoms with Crippen LogP contribution in [0.4, 0.5) is 0 Å². The van der Waals surface area contributed by atoms with Gasteiger partial charge in [-0.1, -0.05) is 43.5 Å². The Bertz CT molecular complexity index is 785. The van der Waals surface area contributed by atoms with E-state index in [1.54, 1.807) is 22.9 Å². The van der Waals surface area contributed by atoms with Gasteiger partial charge in [0.1, 0.15) is 5.69 Å². The summed E-state index contributed by atoms with van der Waals surface area (Å²) >= 11 is 5.94. The van der Waals surface area contributed by atoms with Crippen molar-refractivity contribution in [2.24, 2.45) is 5.73 Å². The average Bonchev–Trinajstić information content (AvgIpc) is 3.02. The number of hydrogen-bond acceptors (Lipinski definition) is 3. The maximum Gasteiger partial charge on any atom is 0.272 e. The molecule has 0 aliphatic carbocycles. The Labute approximate surface area is 151 Å². The molecule has 1 aliphatic rings. The van der Waals surface area contributed by atoms with E-state index in [4.69, 9.17) is 17.3 Å². The van der Waals surface area contributed by atoms with Crippen molar-refractivity contribution in [1.82, 2.24) is 14.7 Å². The number of aromatic nitrogens is 2. The van der Waals surface area contributed by atoms with Gasteiger partial charge in [-0.05, 0) is 24.6 Å². The number of halogens is 1. The van der Waals surface area contributed by atoms with Gasteiger partial charge in [0.05, 0.1) is 18.3 Å². The zero-order valence-corrected chi connectivity index (χ0v) is 14.9. The highest BCUT2D eigenvalue weighted by atomic mass is 35.5. The molecule has 2 amide bonds. The lowest BCUT2D eigenvalue weighted by Gasteiger charge is -2.32. The van der Waals surface area contributed by atoms with Gasteiger partial charge in [-0.3, -0.25) is 14.3 Å². The number of primary amides is 1. The van der Waals surface area contributed by atoms with Gasteiger partial charge in [-0.25, -0.2) is 0 Å². The standard InChI is InChI=1S/C18H21ClN4O2/c1-2-3-4-14-10-22(11-17(20)24)18(25)16-9-15(21-23(14)16)12-5-7-13(19)8-6-12/h5-9,14H,2-4,10-11H2,1H3,(H2,20,24). The molecule has 0 spiro atoms. The van der Waals surface area contributed by atoms with E-state index in [9.17, 15) is 9.59 Å². The quantitative estimate of drug-likeness (QED) is 0.859. The van der Waals surface area contributed by atoms with E-state index in [2.05, 4.69) is 12.0 Å². The molecule has 132 valence electrons. The number of rotatable bonds is 6. The highest BCUT2D eigenvalue weighted by Gasteiger charge is 2.33. The maximum atomic E-state index is 12.7. The highest BCUT2D eigenvalue weighted by Crippen LogP contribution is 2.29. The fourth-order valence-electron chi connectivity index (χ4n) is 3.15. The molecule has 0 bridgehead atoms. The average molecular weight is 361 g/mol. The summed E-state index contributed by atoms with van der Waals surface area (Å²) in [6.45, 7) is 2.51. The minimum atomic E-state index is -0.506. The minimum Gasteiger partial charge on any atom is -0.368 e. The summed E-state index contributed by atoms with van der Waals surface area (Å²) in [5.41, 5.74) is 7.41. The SMILES string of the molecule is CCCCC1CN(CC(N)=O)C(=O)c2cc(-c3ccc(Cl)cc3)nn21. The van der Waals surface area contributed by atoms with E-state index < -0.39 is 5.91 Å². The Hall–Kier alpha value is -2.34. The molecule has 0 saturated carbocycles. The van der Waals surface area contributed by atoms with Gasteiger partial charge in [0.15, 0.2) is 0 Å². The molecule has 2 aromatic rings. The maximum absolute atomic E-state index is 12.7. The van der Waals surface area contributed by atoms with Gasteiger partial charge in [-0.2, -0.15) is 5.10 Å². The van der Waals surface area contributed by atoms with Crippen LogP contribution < -0.4 is 5.73 Å². The lowest BCUT2D eigenvalue weighted by Crippen LogP contribution is -2.46. The third-order valence-corrected chi connectivity index (χ3v) is 4.65. The van der Waals surface area contributed by atoms with Gasteiger partial charge < -0.3 is 10.6 Å². The summed E-state index contributed by atoms with van der Waals surface area (Å²) in [6.07, 6.45) is 2.98. The van der Waals surface area contributed by atoms with Gasteiger partial charge in [-0.15, -0.1) is 0 Å². The van der Waals surface area contributed by atoms with E-state index in [1.807, 2.05) is 12.1 Å². The zero-order chi connectivity index (χ0) is 18.0. The molecule has 0 radical (unpaired) electrons. The van der Waals surface area contributed by atoms with Crippen LogP contribution in [0, 0.1) is 0 Å². The summed E-state index contributed by atoms with van der Waals surface area (Å²) < 4.78 is 1.80. The first-order valence-electron chi connectivity index (χ1n) is 8.42. The minimum absolute atomic E-state index is 0.0491. The third kappa shape index (κ3) is 3.69. The number of benzene rings is 1. The Morgan fingerprint density at radius 3 is 2.72 bits per heavy atom. The van der Waals surface area contributed by atoms with Crippen LogP contribution in [0.15, 0.2) is 30.3 Å². The zero-order valence-electron chi connectivity index (χ0n) is 14.1. The van der Waals surface area contributed by atoms with Gasteiger partial charge in [0.2, 0.25) is 5.91 Å². The summed E-state index contributed by atoms with van der Waals surface area (Å²) in [5, 5.41) is 5.31. The fraction of sp³-hybridized carbons (Fsp3) is 0.389. The third-order valence-electron chi connectivity index (χ3n) is 4.40. The Morgan fingerprint density at radius 1 is 1.36 bits per heavy atom. The van der Waals surface area contributed by atoms with Crippen LogP contribution in [0.1, 0.15) is 42.7 Å². The van der Waals surface area contributed by atoms with Crippen molar-refractivity contribution in [3.63, 3.8) is 0 Å². The second-order valence-corrected chi connectivity index (χ2v) is 6.75. The molecular weight excluding hydrogens is 340 g/mol. The van der Waals surface area contributed by atoms with Crippen molar-refractivity contribution >= 4 is 23.4 Å². The second kappa shape index (κ2) is 7.27. The molecule has 1 unspecified atom stereocenters. The normalized spacial score (nSPS) is 16.8. The lowest BCUT2D eigenvalue weighted by molar-refractivity contribution is -0.118. The summed E-state index contributed by atoms with van der Waals surface area (Å²) in [6, 6.07) is 9.17. The number of carbonyl (C=O) groups excluding carboxylic acids is 2. The molecule has 3 rings (SSSR count). The van der Waals surface area contributed by atoms with Crippen LogP contribution in [0.3, 0.4) is 0 Å². The fourth-order valence-corrected chi connectivity index (χ4v) is 3.27. The van der Waals surface area contributed by atoms with Crippen LogP contribution in [-0.2, 0) is 4.79 Å². The van der Waals surface area contributed by atoms with Crippen molar-refractivity contribution in [2.45, 2.75) is 32.2 Å². The Morgan fingerprint density at radius 2 is 2.08 bits per heavy atom. The molecule has 2 N–H and O–H groups in total. The Kier molecular flexibility index (Phi) is 5.08. The van der Waals surface area contributed by atoms with Crippen molar-refractivity contribution in [1.29, 1.82) is 0 Å². The van der Waals surface area contributed by atoms with Gasteiger partial charge in [0.25, 0.3) is 5.91 Å². The molecule has 25 heavy (non-hydrogen) atoms. The number of fused-ring (bicyclic) bond motifs is 1.